The number of benzene rings is 1. The molecule has 0 fully saturated rings. The fourth-order valence-electron chi connectivity index (χ4n) is 1.93. The number of carbonyl (C=O) groups excluding carboxylic acids is 1. The summed E-state index contributed by atoms with van der Waals surface area (Å²) < 4.78 is 0. The number of carboxylic acid groups (broad SMARTS) is 1. The predicted molar refractivity (Wildman–Crippen MR) is 75.5 cm³/mol. The van der Waals surface area contributed by atoms with Crippen LogP contribution in [0.15, 0.2) is 35.7 Å². The summed E-state index contributed by atoms with van der Waals surface area (Å²) in [5.41, 5.74) is 1.85. The molecule has 1 heterocycles. The first-order chi connectivity index (χ1) is 9.18. The van der Waals surface area contributed by atoms with E-state index in [1.807, 2.05) is 35.7 Å². The Morgan fingerprint density at radius 1 is 1.32 bits per heavy atom. The van der Waals surface area contributed by atoms with Crippen LogP contribution in [0.4, 0.5) is 0 Å². The van der Waals surface area contributed by atoms with Crippen LogP contribution in [0.2, 0.25) is 0 Å². The molecule has 1 amide bonds. The Bertz CT molecular complexity index is 499. The van der Waals surface area contributed by atoms with Crippen molar-refractivity contribution in [2.45, 2.75) is 12.8 Å². The fourth-order valence-corrected chi connectivity index (χ4v) is 2.74. The highest BCUT2D eigenvalue weighted by molar-refractivity contribution is 8.03. The van der Waals surface area contributed by atoms with Crippen LogP contribution >= 0.6 is 11.8 Å². The first-order valence-electron chi connectivity index (χ1n) is 6.08. The molecule has 0 radical (unpaired) electrons. The molecule has 5 heteroatoms. The van der Waals surface area contributed by atoms with E-state index in [1.54, 1.807) is 4.90 Å². The lowest BCUT2D eigenvalue weighted by atomic mass is 10.1. The van der Waals surface area contributed by atoms with Gasteiger partial charge in [0.25, 0.3) is 0 Å². The normalized spacial score (nSPS) is 15.3. The summed E-state index contributed by atoms with van der Waals surface area (Å²) in [6, 6.07) is 9.69. The van der Waals surface area contributed by atoms with Crippen LogP contribution in [-0.2, 0) is 9.59 Å². The predicted octanol–water partition coefficient (Wildman–Crippen LogP) is 2.43. The zero-order valence-electron chi connectivity index (χ0n) is 10.4. The van der Waals surface area contributed by atoms with Gasteiger partial charge in [-0.2, -0.15) is 0 Å². The average molecular weight is 277 g/mol. The number of carboxylic acids is 1. The zero-order valence-corrected chi connectivity index (χ0v) is 11.2. The minimum atomic E-state index is -0.830. The molecule has 0 atom stereocenters. The van der Waals surface area contributed by atoms with Crippen molar-refractivity contribution in [1.29, 1.82) is 0 Å². The van der Waals surface area contributed by atoms with Crippen LogP contribution in [-0.4, -0.2) is 34.2 Å². The summed E-state index contributed by atoms with van der Waals surface area (Å²) in [5, 5.41) is 10.6. The van der Waals surface area contributed by atoms with Gasteiger partial charge in [0.1, 0.15) is 0 Å². The van der Waals surface area contributed by atoms with Crippen molar-refractivity contribution in [2.75, 3.05) is 12.3 Å². The van der Waals surface area contributed by atoms with E-state index in [1.165, 1.54) is 11.8 Å². The van der Waals surface area contributed by atoms with Crippen molar-refractivity contribution in [3.63, 3.8) is 0 Å². The molecule has 1 N–H and O–H groups in total. The molecule has 1 aromatic carbocycles. The van der Waals surface area contributed by atoms with Crippen molar-refractivity contribution in [3.8, 4) is 0 Å². The van der Waals surface area contributed by atoms with Crippen LogP contribution < -0.4 is 0 Å². The topological polar surface area (TPSA) is 57.6 Å². The van der Waals surface area contributed by atoms with Crippen molar-refractivity contribution < 1.29 is 14.7 Å². The quantitative estimate of drug-likeness (QED) is 0.898. The van der Waals surface area contributed by atoms with E-state index in [9.17, 15) is 9.59 Å². The summed E-state index contributed by atoms with van der Waals surface area (Å²) in [6.45, 7) is 0.451. The van der Waals surface area contributed by atoms with E-state index >= 15 is 0 Å². The minimum Gasteiger partial charge on any atom is -0.481 e. The molecule has 100 valence electrons. The molecule has 0 aromatic heterocycles. The van der Waals surface area contributed by atoms with Gasteiger partial charge >= 0.3 is 5.97 Å². The number of rotatable bonds is 5. The summed E-state index contributed by atoms with van der Waals surface area (Å²) in [7, 11) is 0. The molecule has 0 saturated carbocycles. The molecule has 0 unspecified atom stereocenters. The Hall–Kier alpha value is -1.75. The van der Waals surface area contributed by atoms with Crippen molar-refractivity contribution in [3.05, 3.63) is 41.3 Å². The maximum Gasteiger partial charge on any atom is 0.303 e. The van der Waals surface area contributed by atoms with Crippen LogP contribution in [0, 0.1) is 0 Å². The second kappa shape index (κ2) is 6.43. The highest BCUT2D eigenvalue weighted by atomic mass is 32.2. The largest absolute Gasteiger partial charge is 0.481 e. The van der Waals surface area contributed by atoms with Gasteiger partial charge in [-0.15, -0.1) is 11.8 Å². The lowest BCUT2D eigenvalue weighted by Crippen LogP contribution is -2.34. The van der Waals surface area contributed by atoms with E-state index in [-0.39, 0.29) is 12.3 Å². The van der Waals surface area contributed by atoms with E-state index in [0.29, 0.717) is 18.7 Å². The Kier molecular flexibility index (Phi) is 4.63. The van der Waals surface area contributed by atoms with Gasteiger partial charge in [-0.25, -0.2) is 0 Å². The second-order valence-corrected chi connectivity index (χ2v) is 5.08. The zero-order chi connectivity index (χ0) is 13.7. The van der Waals surface area contributed by atoms with Crippen LogP contribution in [0.1, 0.15) is 18.4 Å². The first-order valence-corrected chi connectivity index (χ1v) is 7.12. The SMILES string of the molecule is O=C(O)CCCN1C(=O)CSC=C1c1ccccc1. The van der Waals surface area contributed by atoms with Crippen molar-refractivity contribution in [2.24, 2.45) is 0 Å². The number of hydrogen-bond acceptors (Lipinski definition) is 3. The lowest BCUT2D eigenvalue weighted by molar-refractivity contribution is -0.137. The third-order valence-corrected chi connectivity index (χ3v) is 3.64. The molecule has 1 aromatic rings. The number of nitrogens with zero attached hydrogens (tertiary/aromatic N) is 1. The van der Waals surface area contributed by atoms with E-state index in [2.05, 4.69) is 0 Å². The molecule has 0 spiro atoms. The fraction of sp³-hybridized carbons (Fsp3) is 0.286. The molecule has 0 aliphatic carbocycles. The molecular weight excluding hydrogens is 262 g/mol. The first kappa shape index (κ1) is 13.7. The molecule has 2 rings (SSSR count). The van der Waals surface area contributed by atoms with E-state index < -0.39 is 5.97 Å². The highest BCUT2D eigenvalue weighted by Crippen LogP contribution is 2.28. The van der Waals surface area contributed by atoms with Gasteiger partial charge in [0.2, 0.25) is 5.91 Å². The van der Waals surface area contributed by atoms with Gasteiger partial charge in [0.15, 0.2) is 0 Å². The minimum absolute atomic E-state index is 0.0386. The van der Waals surface area contributed by atoms with Gasteiger partial charge in [-0.1, -0.05) is 30.3 Å². The Labute approximate surface area is 116 Å². The smallest absolute Gasteiger partial charge is 0.303 e. The molecule has 19 heavy (non-hydrogen) atoms. The second-order valence-electron chi connectivity index (χ2n) is 4.22. The van der Waals surface area contributed by atoms with Crippen LogP contribution in [0.25, 0.3) is 5.70 Å². The standard InChI is InChI=1S/C14H15NO3S/c16-13-10-19-9-12(11-5-2-1-3-6-11)15(13)8-4-7-14(17)18/h1-3,5-6,9H,4,7-8,10H2,(H,17,18). The maximum atomic E-state index is 12.0. The van der Waals surface area contributed by atoms with Crippen LogP contribution in [0.3, 0.4) is 0 Å². The maximum absolute atomic E-state index is 12.0. The van der Waals surface area contributed by atoms with Gasteiger partial charge < -0.3 is 10.0 Å². The average Bonchev–Trinajstić information content (AvgIpc) is 2.41. The lowest BCUT2D eigenvalue weighted by Gasteiger charge is -2.28. The van der Waals surface area contributed by atoms with E-state index in [4.69, 9.17) is 5.11 Å². The Morgan fingerprint density at radius 3 is 2.74 bits per heavy atom. The van der Waals surface area contributed by atoms with Gasteiger partial charge in [0, 0.05) is 13.0 Å². The third-order valence-electron chi connectivity index (χ3n) is 2.84. The molecule has 4 nitrogen and oxygen atoms in total. The van der Waals surface area contributed by atoms with Crippen molar-refractivity contribution >= 4 is 29.3 Å². The summed E-state index contributed by atoms with van der Waals surface area (Å²) in [4.78, 5) is 24.2. The summed E-state index contributed by atoms with van der Waals surface area (Å²) >= 11 is 1.48. The summed E-state index contributed by atoms with van der Waals surface area (Å²) in [6.07, 6.45) is 0.551. The third kappa shape index (κ3) is 3.61. The number of hydrogen-bond donors (Lipinski definition) is 1. The molecule has 0 saturated heterocycles. The molecular formula is C14H15NO3S. The van der Waals surface area contributed by atoms with E-state index in [0.717, 1.165) is 11.3 Å². The number of thioether (sulfide) groups is 1. The van der Waals surface area contributed by atoms with Gasteiger partial charge in [-0.3, -0.25) is 9.59 Å². The number of amides is 1. The Morgan fingerprint density at radius 2 is 2.05 bits per heavy atom. The van der Waals surface area contributed by atoms with Crippen molar-refractivity contribution in [1.82, 2.24) is 4.90 Å². The molecule has 1 aliphatic heterocycles. The molecule has 0 bridgehead atoms. The summed E-state index contributed by atoms with van der Waals surface area (Å²) in [5.74, 6) is -0.371. The number of carbonyl (C=O) groups is 2. The van der Waals surface area contributed by atoms with Crippen LogP contribution in [0.5, 0.6) is 0 Å². The monoisotopic (exact) mass is 277 g/mol. The number of aliphatic carboxylic acids is 1. The van der Waals surface area contributed by atoms with Gasteiger partial charge in [0.05, 0.1) is 11.4 Å². The van der Waals surface area contributed by atoms with Gasteiger partial charge in [-0.05, 0) is 17.4 Å². The molecule has 1 aliphatic rings. The highest BCUT2D eigenvalue weighted by Gasteiger charge is 2.22. The Balaban J connectivity index is 2.12.